The van der Waals surface area contributed by atoms with Crippen molar-refractivity contribution in [2.45, 2.75) is 19.8 Å². The Morgan fingerprint density at radius 1 is 1.24 bits per heavy atom. The van der Waals surface area contributed by atoms with Gasteiger partial charge in [0.25, 0.3) is 0 Å². The van der Waals surface area contributed by atoms with Crippen LogP contribution in [0.15, 0.2) is 30.3 Å². The summed E-state index contributed by atoms with van der Waals surface area (Å²) < 4.78 is 2.20. The average Bonchev–Trinajstić information content (AvgIpc) is 2.68. The smallest absolute Gasteiger partial charge is 0.140 e. The molecule has 2 nitrogen and oxygen atoms in total. The molecule has 0 aliphatic heterocycles. The number of allylic oxidation sites excluding steroid dienone is 1. The van der Waals surface area contributed by atoms with E-state index in [0.717, 1.165) is 18.7 Å². The molecule has 0 spiro atoms. The molecular formula is C15H16N2. The number of hydrogen-bond donors (Lipinski definition) is 0. The molecule has 0 N–H and O–H groups in total. The van der Waals surface area contributed by atoms with Crippen LogP contribution in [0.5, 0.6) is 0 Å². The molecule has 1 aromatic heterocycles. The Bertz CT molecular complexity index is 591. The standard InChI is InChI=1S/C15H16N2/c1-11-7-3-4-8-12(11)15-16-13-9-5-6-10-14(13)17(15)2/h3-4,6-8,10H,5,9H2,1-2H3. The fourth-order valence-corrected chi connectivity index (χ4v) is 2.44. The van der Waals surface area contributed by atoms with Gasteiger partial charge in [-0.2, -0.15) is 0 Å². The number of fused-ring (bicyclic) bond motifs is 1. The maximum absolute atomic E-state index is 4.79. The van der Waals surface area contributed by atoms with E-state index in [2.05, 4.69) is 55.0 Å². The third-order valence-corrected chi connectivity index (χ3v) is 3.43. The van der Waals surface area contributed by atoms with Gasteiger partial charge in [0.1, 0.15) is 5.82 Å². The van der Waals surface area contributed by atoms with Gasteiger partial charge in [0.05, 0.1) is 11.4 Å². The van der Waals surface area contributed by atoms with Crippen molar-refractivity contribution in [3.63, 3.8) is 0 Å². The van der Waals surface area contributed by atoms with Gasteiger partial charge in [-0.15, -0.1) is 0 Å². The normalized spacial score (nSPS) is 13.8. The Morgan fingerprint density at radius 2 is 2.06 bits per heavy atom. The van der Waals surface area contributed by atoms with Gasteiger partial charge in [-0.3, -0.25) is 0 Å². The maximum Gasteiger partial charge on any atom is 0.140 e. The van der Waals surface area contributed by atoms with Crippen LogP contribution in [0, 0.1) is 6.92 Å². The molecule has 0 fully saturated rings. The molecule has 0 saturated carbocycles. The molecule has 0 amide bonds. The van der Waals surface area contributed by atoms with Crippen LogP contribution in [0.4, 0.5) is 0 Å². The van der Waals surface area contributed by atoms with Crippen LogP contribution in [-0.4, -0.2) is 9.55 Å². The predicted octanol–water partition coefficient (Wildman–Crippen LogP) is 3.35. The van der Waals surface area contributed by atoms with E-state index in [1.165, 1.54) is 22.5 Å². The predicted molar refractivity (Wildman–Crippen MR) is 70.7 cm³/mol. The monoisotopic (exact) mass is 224 g/mol. The third kappa shape index (κ3) is 1.60. The first-order chi connectivity index (χ1) is 8.27. The number of hydrogen-bond acceptors (Lipinski definition) is 1. The summed E-state index contributed by atoms with van der Waals surface area (Å²) in [6.07, 6.45) is 6.59. The van der Waals surface area contributed by atoms with Gasteiger partial charge in [0, 0.05) is 12.6 Å². The lowest BCUT2D eigenvalue weighted by atomic mass is 10.1. The van der Waals surface area contributed by atoms with Gasteiger partial charge in [0.2, 0.25) is 0 Å². The second kappa shape index (κ2) is 3.88. The molecule has 86 valence electrons. The summed E-state index contributed by atoms with van der Waals surface area (Å²) in [6.45, 7) is 2.14. The van der Waals surface area contributed by atoms with Gasteiger partial charge in [-0.25, -0.2) is 4.98 Å². The van der Waals surface area contributed by atoms with E-state index in [4.69, 9.17) is 4.98 Å². The molecule has 3 rings (SSSR count). The van der Waals surface area contributed by atoms with Crippen LogP contribution in [0.3, 0.4) is 0 Å². The first-order valence-electron chi connectivity index (χ1n) is 6.05. The SMILES string of the molecule is Cc1ccccc1-c1nc2c(n1C)C=CCC2. The van der Waals surface area contributed by atoms with Crippen molar-refractivity contribution in [1.29, 1.82) is 0 Å². The summed E-state index contributed by atoms with van der Waals surface area (Å²) in [6, 6.07) is 8.43. The lowest BCUT2D eigenvalue weighted by Crippen LogP contribution is -1.98. The Hall–Kier alpha value is -1.83. The second-order valence-corrected chi connectivity index (χ2v) is 4.58. The summed E-state index contributed by atoms with van der Waals surface area (Å²) in [5.74, 6) is 1.08. The van der Waals surface area contributed by atoms with Crippen LogP contribution in [0.25, 0.3) is 17.5 Å². The fraction of sp³-hybridized carbons (Fsp3) is 0.267. The van der Waals surface area contributed by atoms with Gasteiger partial charge in [-0.05, 0) is 31.4 Å². The summed E-state index contributed by atoms with van der Waals surface area (Å²) in [5.41, 5.74) is 5.00. The van der Waals surface area contributed by atoms with Crippen LogP contribution in [-0.2, 0) is 13.5 Å². The molecule has 0 saturated heterocycles. The minimum atomic E-state index is 1.06. The lowest BCUT2D eigenvalue weighted by molar-refractivity contribution is 0.890. The molecule has 0 radical (unpaired) electrons. The van der Waals surface area contributed by atoms with E-state index in [1.807, 2.05) is 0 Å². The molecule has 1 aliphatic carbocycles. The summed E-state index contributed by atoms with van der Waals surface area (Å²) in [5, 5.41) is 0. The van der Waals surface area contributed by atoms with E-state index < -0.39 is 0 Å². The van der Waals surface area contributed by atoms with Crippen LogP contribution in [0.1, 0.15) is 23.4 Å². The zero-order valence-corrected chi connectivity index (χ0v) is 10.3. The van der Waals surface area contributed by atoms with Crippen molar-refractivity contribution >= 4 is 6.08 Å². The van der Waals surface area contributed by atoms with Gasteiger partial charge < -0.3 is 4.57 Å². The second-order valence-electron chi connectivity index (χ2n) is 4.58. The molecule has 2 aromatic rings. The highest BCUT2D eigenvalue weighted by molar-refractivity contribution is 5.65. The quantitative estimate of drug-likeness (QED) is 0.726. The van der Waals surface area contributed by atoms with E-state index in [9.17, 15) is 0 Å². The highest BCUT2D eigenvalue weighted by Gasteiger charge is 2.16. The van der Waals surface area contributed by atoms with E-state index >= 15 is 0 Å². The molecule has 17 heavy (non-hydrogen) atoms. The summed E-state index contributed by atoms with van der Waals surface area (Å²) >= 11 is 0. The Balaban J connectivity index is 2.20. The van der Waals surface area contributed by atoms with Crippen molar-refractivity contribution in [2.24, 2.45) is 7.05 Å². The average molecular weight is 224 g/mol. The number of rotatable bonds is 1. The van der Waals surface area contributed by atoms with Gasteiger partial charge in [-0.1, -0.05) is 30.3 Å². The molecule has 0 unspecified atom stereocenters. The number of aryl methyl sites for hydroxylation is 2. The number of imidazole rings is 1. The van der Waals surface area contributed by atoms with Crippen molar-refractivity contribution in [2.75, 3.05) is 0 Å². The molecule has 0 atom stereocenters. The maximum atomic E-state index is 4.79. The minimum Gasteiger partial charge on any atom is -0.327 e. The lowest BCUT2D eigenvalue weighted by Gasteiger charge is -2.07. The Kier molecular flexibility index (Phi) is 2.36. The molecule has 2 heteroatoms. The topological polar surface area (TPSA) is 17.8 Å². The van der Waals surface area contributed by atoms with E-state index in [-0.39, 0.29) is 0 Å². The van der Waals surface area contributed by atoms with Crippen LogP contribution in [0.2, 0.25) is 0 Å². The van der Waals surface area contributed by atoms with Crippen molar-refractivity contribution in [3.05, 3.63) is 47.3 Å². The highest BCUT2D eigenvalue weighted by Crippen LogP contribution is 2.27. The Morgan fingerprint density at radius 3 is 2.82 bits per heavy atom. The highest BCUT2D eigenvalue weighted by atomic mass is 15.1. The first-order valence-corrected chi connectivity index (χ1v) is 6.05. The van der Waals surface area contributed by atoms with Gasteiger partial charge in [0.15, 0.2) is 0 Å². The molecular weight excluding hydrogens is 208 g/mol. The zero-order chi connectivity index (χ0) is 11.8. The zero-order valence-electron chi connectivity index (χ0n) is 10.3. The largest absolute Gasteiger partial charge is 0.327 e. The van der Waals surface area contributed by atoms with Crippen molar-refractivity contribution in [3.8, 4) is 11.4 Å². The van der Waals surface area contributed by atoms with Crippen molar-refractivity contribution < 1.29 is 0 Å². The van der Waals surface area contributed by atoms with E-state index in [1.54, 1.807) is 0 Å². The minimum absolute atomic E-state index is 1.06. The number of aromatic nitrogens is 2. The molecule has 1 aromatic carbocycles. The number of benzene rings is 1. The van der Waals surface area contributed by atoms with Crippen LogP contribution >= 0.6 is 0 Å². The fourth-order valence-electron chi connectivity index (χ4n) is 2.44. The van der Waals surface area contributed by atoms with E-state index in [0.29, 0.717) is 0 Å². The van der Waals surface area contributed by atoms with Gasteiger partial charge >= 0.3 is 0 Å². The Labute approximate surface area is 102 Å². The first kappa shape index (κ1) is 10.3. The summed E-state index contributed by atoms with van der Waals surface area (Å²) in [7, 11) is 2.10. The molecule has 1 heterocycles. The summed E-state index contributed by atoms with van der Waals surface area (Å²) in [4.78, 5) is 4.79. The third-order valence-electron chi connectivity index (χ3n) is 3.43. The molecule has 0 bridgehead atoms. The van der Waals surface area contributed by atoms with Crippen molar-refractivity contribution in [1.82, 2.24) is 9.55 Å². The molecule has 1 aliphatic rings. The number of nitrogens with zero attached hydrogens (tertiary/aromatic N) is 2. The van der Waals surface area contributed by atoms with Crippen LogP contribution < -0.4 is 0 Å².